The normalized spacial score (nSPS) is 11.9. The van der Waals surface area contributed by atoms with Crippen molar-refractivity contribution in [2.45, 2.75) is 33.8 Å². The van der Waals surface area contributed by atoms with Gasteiger partial charge in [-0.3, -0.25) is 4.79 Å². The average molecular weight is 357 g/mol. The minimum absolute atomic E-state index is 0.200. The van der Waals surface area contributed by atoms with Gasteiger partial charge in [0.25, 0.3) is 5.91 Å². The second-order valence-electron chi connectivity index (χ2n) is 4.73. The largest absolute Gasteiger partial charge is 0.449 e. The molecule has 0 aliphatic carbocycles. The number of ether oxygens (including phenoxy) is 1. The zero-order valence-corrected chi connectivity index (χ0v) is 14.4. The number of hydrogen-bond donors (Lipinski definition) is 1. The summed E-state index contributed by atoms with van der Waals surface area (Å²) >= 11 is 3.29. The topological polar surface area (TPSA) is 72.6 Å². The third kappa shape index (κ3) is 4.20. The number of anilines is 1. The van der Waals surface area contributed by atoms with Crippen molar-refractivity contribution in [3.05, 3.63) is 27.7 Å². The van der Waals surface area contributed by atoms with Crippen molar-refractivity contribution in [3.63, 3.8) is 0 Å². The van der Waals surface area contributed by atoms with Crippen molar-refractivity contribution in [3.8, 4) is 0 Å². The van der Waals surface area contributed by atoms with E-state index in [0.29, 0.717) is 34.4 Å². The summed E-state index contributed by atoms with van der Waals surface area (Å²) in [7, 11) is 0. The summed E-state index contributed by atoms with van der Waals surface area (Å²) in [5, 5.41) is 0. The lowest BCUT2D eigenvalue weighted by molar-refractivity contribution is -0.139. The van der Waals surface area contributed by atoms with Crippen LogP contribution in [0.1, 0.15) is 36.7 Å². The van der Waals surface area contributed by atoms with E-state index in [9.17, 15) is 9.59 Å². The number of amides is 1. The molecule has 1 aromatic rings. The maximum Gasteiger partial charge on any atom is 0.339 e. The lowest BCUT2D eigenvalue weighted by atomic mass is 10.1. The van der Waals surface area contributed by atoms with Crippen LogP contribution in [0.25, 0.3) is 0 Å². The Labute approximate surface area is 133 Å². The summed E-state index contributed by atoms with van der Waals surface area (Å²) in [5.74, 6) is -0.748. The fraction of sp³-hybridized carbons (Fsp3) is 0.467. The first kappa shape index (κ1) is 17.5. The molecule has 0 heterocycles. The van der Waals surface area contributed by atoms with Crippen LogP contribution in [0.15, 0.2) is 16.6 Å². The number of rotatable bonds is 5. The van der Waals surface area contributed by atoms with Gasteiger partial charge in [0, 0.05) is 23.2 Å². The number of benzene rings is 1. The van der Waals surface area contributed by atoms with Gasteiger partial charge in [-0.2, -0.15) is 0 Å². The van der Waals surface area contributed by atoms with Gasteiger partial charge < -0.3 is 15.4 Å². The van der Waals surface area contributed by atoms with Crippen LogP contribution in [0.2, 0.25) is 0 Å². The second kappa shape index (κ2) is 7.45. The Morgan fingerprint density at radius 1 is 1.33 bits per heavy atom. The maximum absolute atomic E-state index is 12.2. The zero-order valence-electron chi connectivity index (χ0n) is 12.8. The molecule has 0 radical (unpaired) electrons. The molecule has 0 bridgehead atoms. The summed E-state index contributed by atoms with van der Waals surface area (Å²) in [6.45, 7) is 8.26. The third-order valence-electron chi connectivity index (χ3n) is 3.34. The molecular formula is C15H21BrN2O3. The van der Waals surface area contributed by atoms with Gasteiger partial charge in [-0.05, 0) is 45.4 Å². The Kier molecular flexibility index (Phi) is 6.20. The van der Waals surface area contributed by atoms with Gasteiger partial charge in [-0.15, -0.1) is 0 Å². The highest BCUT2D eigenvalue weighted by Gasteiger charge is 2.23. The number of likely N-dealkylation sites (N-methyl/N-ethyl adjacent to an activating group) is 1. The van der Waals surface area contributed by atoms with Crippen LogP contribution in [-0.4, -0.2) is 36.0 Å². The number of esters is 1. The zero-order chi connectivity index (χ0) is 16.2. The minimum Gasteiger partial charge on any atom is -0.449 e. The van der Waals surface area contributed by atoms with E-state index in [2.05, 4.69) is 15.9 Å². The van der Waals surface area contributed by atoms with Gasteiger partial charge in [0.15, 0.2) is 6.10 Å². The van der Waals surface area contributed by atoms with E-state index < -0.39 is 12.1 Å². The molecule has 1 amide bonds. The molecule has 0 spiro atoms. The second-order valence-corrected chi connectivity index (χ2v) is 5.64. The van der Waals surface area contributed by atoms with E-state index in [1.54, 1.807) is 30.9 Å². The van der Waals surface area contributed by atoms with Gasteiger partial charge in [0.1, 0.15) is 0 Å². The highest BCUT2D eigenvalue weighted by Crippen LogP contribution is 2.23. The Bertz CT molecular complexity index is 542. The van der Waals surface area contributed by atoms with Crippen LogP contribution in [0.3, 0.4) is 0 Å². The van der Waals surface area contributed by atoms with Gasteiger partial charge in [0.05, 0.1) is 5.56 Å². The van der Waals surface area contributed by atoms with Crippen LogP contribution in [0.5, 0.6) is 0 Å². The van der Waals surface area contributed by atoms with Crippen molar-refractivity contribution in [2.75, 3.05) is 18.8 Å². The highest BCUT2D eigenvalue weighted by molar-refractivity contribution is 9.10. The first-order valence-corrected chi connectivity index (χ1v) is 7.66. The first-order valence-electron chi connectivity index (χ1n) is 6.87. The van der Waals surface area contributed by atoms with Gasteiger partial charge >= 0.3 is 5.97 Å². The third-order valence-corrected chi connectivity index (χ3v) is 3.80. The number of carbonyl (C=O) groups is 2. The van der Waals surface area contributed by atoms with Crippen molar-refractivity contribution < 1.29 is 14.3 Å². The molecule has 1 atom stereocenters. The van der Waals surface area contributed by atoms with Crippen LogP contribution in [-0.2, 0) is 9.53 Å². The molecule has 0 fully saturated rings. The van der Waals surface area contributed by atoms with E-state index >= 15 is 0 Å². The van der Waals surface area contributed by atoms with E-state index in [1.165, 1.54) is 0 Å². The molecule has 0 saturated heterocycles. The van der Waals surface area contributed by atoms with E-state index in [-0.39, 0.29) is 5.91 Å². The summed E-state index contributed by atoms with van der Waals surface area (Å²) < 4.78 is 5.96. The molecule has 5 nitrogen and oxygen atoms in total. The van der Waals surface area contributed by atoms with Gasteiger partial charge in [0.2, 0.25) is 0 Å². The summed E-state index contributed by atoms with van der Waals surface area (Å²) in [5.41, 5.74) is 7.33. The predicted molar refractivity (Wildman–Crippen MR) is 86.1 cm³/mol. The first-order chi connectivity index (χ1) is 9.81. The molecule has 1 aromatic carbocycles. The molecule has 2 N–H and O–H groups in total. The summed E-state index contributed by atoms with van der Waals surface area (Å²) in [6, 6.07) is 3.36. The van der Waals surface area contributed by atoms with Crippen molar-refractivity contribution in [2.24, 2.45) is 0 Å². The fourth-order valence-corrected chi connectivity index (χ4v) is 2.45. The predicted octanol–water partition coefficient (Wildman–Crippen LogP) is 2.75. The Hall–Kier alpha value is -1.56. The molecule has 6 heteroatoms. The standard InChI is InChI=1S/C15H21BrN2O3/c1-5-18(6-2)14(19)10(4)21-15(20)12-7-11(16)8-13(17)9(12)3/h7-8,10H,5-6,17H2,1-4H3. The number of nitrogens with zero attached hydrogens (tertiary/aromatic N) is 1. The number of carbonyl (C=O) groups excluding carboxylic acids is 2. The lowest BCUT2D eigenvalue weighted by Crippen LogP contribution is -2.39. The Morgan fingerprint density at radius 3 is 2.43 bits per heavy atom. The quantitative estimate of drug-likeness (QED) is 0.650. The van der Waals surface area contributed by atoms with E-state index in [4.69, 9.17) is 10.5 Å². The smallest absolute Gasteiger partial charge is 0.339 e. The molecule has 0 saturated carbocycles. The van der Waals surface area contributed by atoms with Crippen LogP contribution in [0, 0.1) is 6.92 Å². The van der Waals surface area contributed by atoms with Gasteiger partial charge in [-0.25, -0.2) is 4.79 Å². The highest BCUT2D eigenvalue weighted by atomic mass is 79.9. The molecule has 0 aliphatic rings. The molecule has 0 aliphatic heterocycles. The molecule has 1 unspecified atom stereocenters. The Balaban J connectivity index is 2.89. The summed E-state index contributed by atoms with van der Waals surface area (Å²) in [6.07, 6.45) is -0.822. The van der Waals surface area contributed by atoms with Crippen LogP contribution in [0.4, 0.5) is 5.69 Å². The van der Waals surface area contributed by atoms with E-state index in [0.717, 1.165) is 0 Å². The fourth-order valence-electron chi connectivity index (χ4n) is 1.98. The summed E-state index contributed by atoms with van der Waals surface area (Å²) in [4.78, 5) is 25.9. The SMILES string of the molecule is CCN(CC)C(=O)C(C)OC(=O)c1cc(Br)cc(N)c1C. The van der Waals surface area contributed by atoms with Crippen molar-refractivity contribution in [1.82, 2.24) is 4.90 Å². The maximum atomic E-state index is 12.2. The van der Waals surface area contributed by atoms with E-state index in [1.807, 2.05) is 13.8 Å². The molecule has 0 aromatic heterocycles. The number of halogens is 1. The monoisotopic (exact) mass is 356 g/mol. The molecule has 21 heavy (non-hydrogen) atoms. The Morgan fingerprint density at radius 2 is 1.90 bits per heavy atom. The van der Waals surface area contributed by atoms with Gasteiger partial charge in [-0.1, -0.05) is 15.9 Å². The molecule has 1 rings (SSSR count). The number of hydrogen-bond acceptors (Lipinski definition) is 4. The van der Waals surface area contributed by atoms with Crippen LogP contribution < -0.4 is 5.73 Å². The van der Waals surface area contributed by atoms with Crippen molar-refractivity contribution >= 4 is 33.5 Å². The average Bonchev–Trinajstić information content (AvgIpc) is 2.43. The number of nitrogens with two attached hydrogens (primary N) is 1. The van der Waals surface area contributed by atoms with Crippen molar-refractivity contribution in [1.29, 1.82) is 0 Å². The minimum atomic E-state index is -0.822. The van der Waals surface area contributed by atoms with Crippen LogP contribution >= 0.6 is 15.9 Å². The molecule has 116 valence electrons. The number of nitrogen functional groups attached to an aromatic ring is 1. The molecular weight excluding hydrogens is 336 g/mol. The lowest BCUT2D eigenvalue weighted by Gasteiger charge is -2.23.